The van der Waals surface area contributed by atoms with E-state index < -0.39 is 0 Å². The minimum Gasteiger partial charge on any atom is -0.494 e. The van der Waals surface area contributed by atoms with Crippen molar-refractivity contribution < 1.29 is 14.3 Å². The molecule has 1 aliphatic carbocycles. The molecule has 0 saturated heterocycles. The highest BCUT2D eigenvalue weighted by molar-refractivity contribution is 5.94. The van der Waals surface area contributed by atoms with Gasteiger partial charge in [-0.15, -0.1) is 0 Å². The molecule has 8 heteroatoms. The summed E-state index contributed by atoms with van der Waals surface area (Å²) in [5, 5.41) is 14.9. The minimum absolute atomic E-state index is 0.102. The van der Waals surface area contributed by atoms with Crippen molar-refractivity contribution in [2.45, 2.75) is 45.4 Å². The summed E-state index contributed by atoms with van der Waals surface area (Å²) < 4.78 is 11.6. The maximum Gasteiger partial charge on any atom is 0.251 e. The summed E-state index contributed by atoms with van der Waals surface area (Å²) in [5.74, 6) is 1.43. The van der Waals surface area contributed by atoms with Crippen LogP contribution in [0.25, 0.3) is 0 Å². The van der Waals surface area contributed by atoms with E-state index in [9.17, 15) is 4.79 Å². The van der Waals surface area contributed by atoms with Crippen molar-refractivity contribution in [3.05, 3.63) is 53.9 Å². The normalized spacial score (nSPS) is 13.9. The maximum absolute atomic E-state index is 12.6. The number of rotatable bonds is 14. The molecule has 35 heavy (non-hydrogen) atoms. The molecule has 2 aromatic rings. The second kappa shape index (κ2) is 15.0. The van der Waals surface area contributed by atoms with Crippen molar-refractivity contribution in [2.24, 2.45) is 5.92 Å². The molecule has 1 aromatic carbocycles. The van der Waals surface area contributed by atoms with Gasteiger partial charge in [-0.1, -0.05) is 45.1 Å². The molecule has 3 rings (SSSR count). The molecule has 2 N–H and O–H groups in total. The van der Waals surface area contributed by atoms with E-state index in [1.807, 2.05) is 30.3 Å². The van der Waals surface area contributed by atoms with Gasteiger partial charge in [0.15, 0.2) is 0 Å². The third-order valence-corrected chi connectivity index (χ3v) is 6.31. The van der Waals surface area contributed by atoms with Crippen molar-refractivity contribution in [3.63, 3.8) is 0 Å². The molecule has 1 saturated carbocycles. The van der Waals surface area contributed by atoms with E-state index in [1.54, 1.807) is 18.3 Å². The number of hydrogen-bond acceptors (Lipinski definition) is 7. The zero-order chi connectivity index (χ0) is 24.7. The first-order chi connectivity index (χ1) is 17.2. The van der Waals surface area contributed by atoms with Crippen LogP contribution in [-0.2, 0) is 4.74 Å². The fourth-order valence-corrected chi connectivity index (χ4v) is 4.16. The van der Waals surface area contributed by atoms with E-state index in [-0.39, 0.29) is 5.91 Å². The SMILES string of the molecule is CCN(CCNC(=O)c1cccc(OCCC2CCCCC2)c1)COCNc1ccc(C#N)nc1. The predicted octanol–water partition coefficient (Wildman–Crippen LogP) is 4.40. The van der Waals surface area contributed by atoms with E-state index in [4.69, 9.17) is 14.7 Å². The number of carbonyl (C=O) groups excluding carboxylic acids is 1. The highest BCUT2D eigenvalue weighted by Gasteiger charge is 2.13. The number of pyridine rings is 1. The quantitative estimate of drug-likeness (QED) is 0.306. The predicted molar refractivity (Wildman–Crippen MR) is 136 cm³/mol. The Balaban J connectivity index is 1.31. The van der Waals surface area contributed by atoms with Gasteiger partial charge in [0.25, 0.3) is 5.91 Å². The van der Waals surface area contributed by atoms with Gasteiger partial charge in [0.05, 0.1) is 18.5 Å². The smallest absolute Gasteiger partial charge is 0.251 e. The molecular formula is C27H37N5O3. The van der Waals surface area contributed by atoms with Gasteiger partial charge in [-0.3, -0.25) is 9.69 Å². The van der Waals surface area contributed by atoms with Crippen LogP contribution in [0.4, 0.5) is 5.69 Å². The Bertz CT molecular complexity index is 939. The molecule has 188 valence electrons. The molecule has 0 unspecified atom stereocenters. The number of ether oxygens (including phenoxy) is 2. The Morgan fingerprint density at radius 3 is 2.83 bits per heavy atom. The molecule has 1 aromatic heterocycles. The van der Waals surface area contributed by atoms with Crippen LogP contribution in [0.5, 0.6) is 5.75 Å². The summed E-state index contributed by atoms with van der Waals surface area (Å²) in [5.41, 5.74) is 1.78. The van der Waals surface area contributed by atoms with Crippen molar-refractivity contribution in [3.8, 4) is 11.8 Å². The molecule has 8 nitrogen and oxygen atoms in total. The third-order valence-electron chi connectivity index (χ3n) is 6.31. The number of nitriles is 1. The Morgan fingerprint density at radius 1 is 1.23 bits per heavy atom. The summed E-state index contributed by atoms with van der Waals surface area (Å²) in [6.45, 7) is 5.53. The van der Waals surface area contributed by atoms with Crippen LogP contribution < -0.4 is 15.4 Å². The van der Waals surface area contributed by atoms with Crippen LogP contribution in [0.15, 0.2) is 42.6 Å². The number of nitrogens with zero attached hydrogens (tertiary/aromatic N) is 3. The lowest BCUT2D eigenvalue weighted by molar-refractivity contribution is 0.0415. The van der Waals surface area contributed by atoms with Gasteiger partial charge in [-0.05, 0) is 49.2 Å². The highest BCUT2D eigenvalue weighted by atomic mass is 16.5. The third kappa shape index (κ3) is 9.55. The van der Waals surface area contributed by atoms with Crippen molar-refractivity contribution in [1.29, 1.82) is 5.26 Å². The Hall–Kier alpha value is -3.15. The average molecular weight is 480 g/mol. The minimum atomic E-state index is -0.102. The van der Waals surface area contributed by atoms with Crippen molar-refractivity contribution >= 4 is 11.6 Å². The van der Waals surface area contributed by atoms with Crippen molar-refractivity contribution in [2.75, 3.05) is 45.0 Å². The number of hydrogen-bond donors (Lipinski definition) is 2. The van der Waals surface area contributed by atoms with Gasteiger partial charge in [-0.25, -0.2) is 4.98 Å². The van der Waals surface area contributed by atoms with Crippen LogP contribution in [-0.4, -0.2) is 55.5 Å². The van der Waals surface area contributed by atoms with E-state index in [0.29, 0.717) is 44.4 Å². The van der Waals surface area contributed by atoms with Gasteiger partial charge >= 0.3 is 0 Å². The molecular weight excluding hydrogens is 442 g/mol. The topological polar surface area (TPSA) is 99.5 Å². The van der Waals surface area contributed by atoms with Crippen LogP contribution in [0, 0.1) is 17.2 Å². The monoisotopic (exact) mass is 479 g/mol. The fraction of sp³-hybridized carbons (Fsp3) is 0.519. The van der Waals surface area contributed by atoms with E-state index in [1.165, 1.54) is 32.1 Å². The summed E-state index contributed by atoms with van der Waals surface area (Å²) in [6.07, 6.45) is 9.38. The van der Waals surface area contributed by atoms with Gasteiger partial charge in [0.2, 0.25) is 0 Å². The van der Waals surface area contributed by atoms with Crippen LogP contribution >= 0.6 is 0 Å². The summed E-state index contributed by atoms with van der Waals surface area (Å²) in [6, 6.07) is 12.9. The maximum atomic E-state index is 12.6. The molecule has 1 aliphatic rings. The molecule has 1 heterocycles. The Kier molecular flexibility index (Phi) is 11.3. The number of carbonyl (C=O) groups is 1. The molecule has 0 radical (unpaired) electrons. The summed E-state index contributed by atoms with van der Waals surface area (Å²) in [4.78, 5) is 18.7. The number of amides is 1. The number of anilines is 1. The van der Waals surface area contributed by atoms with E-state index in [2.05, 4.69) is 27.4 Å². The Morgan fingerprint density at radius 2 is 2.09 bits per heavy atom. The molecule has 0 spiro atoms. The van der Waals surface area contributed by atoms with Crippen LogP contribution in [0.1, 0.15) is 61.5 Å². The molecule has 0 bridgehead atoms. The fourth-order valence-electron chi connectivity index (χ4n) is 4.16. The molecule has 1 amide bonds. The molecule has 0 aliphatic heterocycles. The van der Waals surface area contributed by atoms with E-state index >= 15 is 0 Å². The molecule has 0 atom stereocenters. The van der Waals surface area contributed by atoms with Crippen molar-refractivity contribution in [1.82, 2.24) is 15.2 Å². The lowest BCUT2D eigenvalue weighted by Gasteiger charge is -2.21. The lowest BCUT2D eigenvalue weighted by Crippen LogP contribution is -2.36. The number of aromatic nitrogens is 1. The second-order valence-electron chi connectivity index (χ2n) is 8.83. The highest BCUT2D eigenvalue weighted by Crippen LogP contribution is 2.26. The van der Waals surface area contributed by atoms with Gasteiger partial charge in [0.1, 0.15) is 31.0 Å². The second-order valence-corrected chi connectivity index (χ2v) is 8.83. The van der Waals surface area contributed by atoms with Gasteiger partial charge in [0, 0.05) is 18.7 Å². The van der Waals surface area contributed by atoms with Crippen LogP contribution in [0.2, 0.25) is 0 Å². The first-order valence-corrected chi connectivity index (χ1v) is 12.6. The first-order valence-electron chi connectivity index (χ1n) is 12.6. The van der Waals surface area contributed by atoms with E-state index in [0.717, 1.165) is 30.3 Å². The lowest BCUT2D eigenvalue weighted by atomic mass is 9.87. The average Bonchev–Trinajstić information content (AvgIpc) is 2.91. The zero-order valence-corrected chi connectivity index (χ0v) is 20.7. The number of benzene rings is 1. The summed E-state index contributed by atoms with van der Waals surface area (Å²) >= 11 is 0. The number of likely N-dealkylation sites (N-methyl/N-ethyl adjacent to an activating group) is 1. The first kappa shape index (κ1) is 26.5. The summed E-state index contributed by atoms with van der Waals surface area (Å²) in [7, 11) is 0. The number of nitrogens with one attached hydrogen (secondary N) is 2. The van der Waals surface area contributed by atoms with Gasteiger partial charge in [-0.2, -0.15) is 5.26 Å². The Labute approximate surface area is 208 Å². The zero-order valence-electron chi connectivity index (χ0n) is 20.7. The molecule has 1 fully saturated rings. The van der Waals surface area contributed by atoms with Gasteiger partial charge < -0.3 is 20.1 Å². The standard InChI is InChI=1S/C27H37N5O3/c1-2-32(21-34-20-31-25-12-11-24(18-28)30-19-25)15-14-29-27(33)23-9-6-10-26(17-23)35-16-13-22-7-4-3-5-8-22/h6,9-12,17,19,22,31H,2-5,7-8,13-16,20-21H2,1H3,(H,29,33). The largest absolute Gasteiger partial charge is 0.494 e. The van der Waals surface area contributed by atoms with Crippen LogP contribution in [0.3, 0.4) is 0 Å².